The Hall–Kier alpha value is -1.62. The molecule has 1 heterocycles. The summed E-state index contributed by atoms with van der Waals surface area (Å²) in [7, 11) is 0. The maximum atomic E-state index is 6.27. The zero-order valence-electron chi connectivity index (χ0n) is 12.8. The molecule has 0 saturated carbocycles. The van der Waals surface area contributed by atoms with E-state index in [1.54, 1.807) is 6.07 Å². The van der Waals surface area contributed by atoms with Crippen molar-refractivity contribution in [2.75, 3.05) is 5.73 Å². The zero-order chi connectivity index (χ0) is 15.4. The Morgan fingerprint density at radius 1 is 1.24 bits per heavy atom. The van der Waals surface area contributed by atoms with Crippen LogP contribution in [0.1, 0.15) is 46.1 Å². The highest BCUT2D eigenvalue weighted by Crippen LogP contribution is 2.32. The molecule has 0 amide bonds. The molecule has 0 saturated heterocycles. The van der Waals surface area contributed by atoms with Gasteiger partial charge in [0.15, 0.2) is 5.82 Å². The van der Waals surface area contributed by atoms with Gasteiger partial charge in [0.25, 0.3) is 0 Å². The van der Waals surface area contributed by atoms with Crippen molar-refractivity contribution in [1.29, 1.82) is 0 Å². The number of anilines is 1. The molecule has 0 aliphatic heterocycles. The highest BCUT2D eigenvalue weighted by Gasteiger charge is 2.17. The van der Waals surface area contributed by atoms with Gasteiger partial charge in [-0.05, 0) is 41.8 Å². The van der Waals surface area contributed by atoms with Crippen molar-refractivity contribution in [3.63, 3.8) is 0 Å². The minimum absolute atomic E-state index is 0.228. The van der Waals surface area contributed by atoms with E-state index in [2.05, 4.69) is 36.3 Å². The van der Waals surface area contributed by atoms with E-state index >= 15 is 0 Å². The van der Waals surface area contributed by atoms with Crippen LogP contribution >= 0.6 is 11.6 Å². The van der Waals surface area contributed by atoms with E-state index in [0.29, 0.717) is 22.5 Å². The molecule has 1 aromatic carbocycles. The second-order valence-electron chi connectivity index (χ2n) is 5.83. The summed E-state index contributed by atoms with van der Waals surface area (Å²) in [5, 5.41) is 12.5. The molecule has 0 radical (unpaired) electrons. The van der Waals surface area contributed by atoms with Gasteiger partial charge in [0.1, 0.15) is 0 Å². The van der Waals surface area contributed by atoms with Crippen LogP contribution < -0.4 is 5.73 Å². The molecule has 5 nitrogen and oxygen atoms in total. The standard InChI is InChI=1S/C15H22ClN5/c1-10(2)6-4-7-11(3)21-15(18-19-20-21)12-8-5-9-13(17)14(12)16/h5,8-11H,4,6-7,17H2,1-3H3. The normalized spacial score (nSPS) is 12.8. The molecule has 2 aromatic rings. The van der Waals surface area contributed by atoms with Gasteiger partial charge in [-0.3, -0.25) is 0 Å². The molecular formula is C15H22ClN5. The van der Waals surface area contributed by atoms with Crippen molar-refractivity contribution >= 4 is 17.3 Å². The molecule has 0 fully saturated rings. The Morgan fingerprint density at radius 2 is 2.00 bits per heavy atom. The molecule has 21 heavy (non-hydrogen) atoms. The second-order valence-corrected chi connectivity index (χ2v) is 6.21. The minimum Gasteiger partial charge on any atom is -0.398 e. The fraction of sp³-hybridized carbons (Fsp3) is 0.533. The van der Waals surface area contributed by atoms with Gasteiger partial charge >= 0.3 is 0 Å². The third-order valence-electron chi connectivity index (χ3n) is 3.58. The summed E-state index contributed by atoms with van der Waals surface area (Å²) in [5.74, 6) is 1.39. The molecule has 0 aliphatic rings. The monoisotopic (exact) mass is 307 g/mol. The van der Waals surface area contributed by atoms with Gasteiger partial charge in [-0.1, -0.05) is 44.4 Å². The fourth-order valence-corrected chi connectivity index (χ4v) is 2.54. The van der Waals surface area contributed by atoms with E-state index < -0.39 is 0 Å². The number of rotatable bonds is 6. The SMILES string of the molecule is CC(C)CCCC(C)n1nnnc1-c1cccc(N)c1Cl. The van der Waals surface area contributed by atoms with Crippen LogP contribution in [0, 0.1) is 5.92 Å². The van der Waals surface area contributed by atoms with E-state index in [-0.39, 0.29) is 6.04 Å². The van der Waals surface area contributed by atoms with Gasteiger partial charge in [-0.2, -0.15) is 0 Å². The van der Waals surface area contributed by atoms with Crippen molar-refractivity contribution in [1.82, 2.24) is 20.2 Å². The molecular weight excluding hydrogens is 286 g/mol. The lowest BCUT2D eigenvalue weighted by Gasteiger charge is -2.15. The van der Waals surface area contributed by atoms with Crippen LogP contribution in [-0.4, -0.2) is 20.2 Å². The summed E-state index contributed by atoms with van der Waals surface area (Å²) < 4.78 is 1.83. The van der Waals surface area contributed by atoms with E-state index in [9.17, 15) is 0 Å². The largest absolute Gasteiger partial charge is 0.398 e. The van der Waals surface area contributed by atoms with Gasteiger partial charge in [-0.15, -0.1) is 5.10 Å². The molecule has 2 N–H and O–H groups in total. The highest BCUT2D eigenvalue weighted by atomic mass is 35.5. The van der Waals surface area contributed by atoms with Crippen LogP contribution in [0.5, 0.6) is 0 Å². The van der Waals surface area contributed by atoms with Gasteiger partial charge in [0, 0.05) is 5.56 Å². The highest BCUT2D eigenvalue weighted by molar-refractivity contribution is 6.35. The average Bonchev–Trinajstić information content (AvgIpc) is 2.90. The summed E-state index contributed by atoms with van der Waals surface area (Å²) in [4.78, 5) is 0. The minimum atomic E-state index is 0.228. The number of hydrogen-bond donors (Lipinski definition) is 1. The maximum Gasteiger partial charge on any atom is 0.183 e. The lowest BCUT2D eigenvalue weighted by Crippen LogP contribution is -2.10. The summed E-state index contributed by atoms with van der Waals surface area (Å²) in [6, 6.07) is 5.75. The van der Waals surface area contributed by atoms with E-state index in [1.165, 1.54) is 6.42 Å². The molecule has 1 aromatic heterocycles. The van der Waals surface area contributed by atoms with Crippen molar-refractivity contribution in [2.24, 2.45) is 5.92 Å². The van der Waals surface area contributed by atoms with Crippen LogP contribution in [-0.2, 0) is 0 Å². The van der Waals surface area contributed by atoms with Crippen LogP contribution in [0.25, 0.3) is 11.4 Å². The van der Waals surface area contributed by atoms with Crippen molar-refractivity contribution in [3.8, 4) is 11.4 Å². The third kappa shape index (κ3) is 3.73. The summed E-state index contributed by atoms with van der Waals surface area (Å²) in [6.45, 7) is 6.60. The zero-order valence-corrected chi connectivity index (χ0v) is 13.5. The third-order valence-corrected chi connectivity index (χ3v) is 4.01. The van der Waals surface area contributed by atoms with Crippen molar-refractivity contribution in [3.05, 3.63) is 23.2 Å². The average molecular weight is 308 g/mol. The molecule has 0 bridgehead atoms. The predicted molar refractivity (Wildman–Crippen MR) is 86.1 cm³/mol. The maximum absolute atomic E-state index is 6.27. The number of aromatic nitrogens is 4. The fourth-order valence-electron chi connectivity index (χ4n) is 2.33. The van der Waals surface area contributed by atoms with Gasteiger partial charge in [0.05, 0.1) is 16.8 Å². The first-order chi connectivity index (χ1) is 10.0. The van der Waals surface area contributed by atoms with Crippen LogP contribution in [0.2, 0.25) is 5.02 Å². The van der Waals surface area contributed by atoms with Gasteiger partial charge in [-0.25, -0.2) is 4.68 Å². The molecule has 1 atom stereocenters. The Kier molecular flexibility index (Phi) is 5.17. The van der Waals surface area contributed by atoms with Gasteiger partial charge < -0.3 is 5.73 Å². The van der Waals surface area contributed by atoms with Crippen LogP contribution in [0.15, 0.2) is 18.2 Å². The topological polar surface area (TPSA) is 69.6 Å². The van der Waals surface area contributed by atoms with E-state index in [0.717, 1.165) is 18.4 Å². The number of benzene rings is 1. The second kappa shape index (κ2) is 6.89. The number of tetrazole rings is 1. The molecule has 0 aliphatic carbocycles. The van der Waals surface area contributed by atoms with E-state index in [4.69, 9.17) is 17.3 Å². The quantitative estimate of drug-likeness (QED) is 0.820. The summed E-state index contributed by atoms with van der Waals surface area (Å²) >= 11 is 6.27. The van der Waals surface area contributed by atoms with Crippen molar-refractivity contribution in [2.45, 2.75) is 46.1 Å². The number of hydrogen-bond acceptors (Lipinski definition) is 4. The first kappa shape index (κ1) is 15.8. The van der Waals surface area contributed by atoms with Gasteiger partial charge in [0.2, 0.25) is 0 Å². The number of halogens is 1. The Labute approximate surface area is 130 Å². The molecule has 114 valence electrons. The molecule has 6 heteroatoms. The summed E-state index contributed by atoms with van der Waals surface area (Å²) in [6.07, 6.45) is 3.40. The number of nitrogens with two attached hydrogens (primary N) is 1. The summed E-state index contributed by atoms with van der Waals surface area (Å²) in [5.41, 5.74) is 7.17. The number of nitrogen functional groups attached to an aromatic ring is 1. The molecule has 1 unspecified atom stereocenters. The van der Waals surface area contributed by atoms with Crippen LogP contribution in [0.4, 0.5) is 5.69 Å². The van der Waals surface area contributed by atoms with Crippen molar-refractivity contribution < 1.29 is 0 Å². The Bertz CT molecular complexity index is 593. The molecule has 0 spiro atoms. The lowest BCUT2D eigenvalue weighted by molar-refractivity contribution is 0.414. The lowest BCUT2D eigenvalue weighted by atomic mass is 10.0. The Balaban J connectivity index is 2.20. The van der Waals surface area contributed by atoms with Crippen LogP contribution in [0.3, 0.4) is 0 Å². The smallest absolute Gasteiger partial charge is 0.183 e. The first-order valence-electron chi connectivity index (χ1n) is 7.33. The first-order valence-corrected chi connectivity index (χ1v) is 7.70. The molecule has 2 rings (SSSR count). The Morgan fingerprint density at radius 3 is 2.71 bits per heavy atom. The van der Waals surface area contributed by atoms with E-state index in [1.807, 2.05) is 16.8 Å². The number of nitrogens with zero attached hydrogens (tertiary/aromatic N) is 4. The predicted octanol–water partition coefficient (Wildman–Crippen LogP) is 3.96.